The van der Waals surface area contributed by atoms with Gasteiger partial charge in [-0.25, -0.2) is 8.42 Å². The van der Waals surface area contributed by atoms with Crippen LogP contribution in [-0.2, 0) is 9.15 Å². The zero-order valence-corrected chi connectivity index (χ0v) is 5.67. The van der Waals surface area contributed by atoms with Crippen LogP contribution >= 0.6 is 10.8 Å². The van der Waals surface area contributed by atoms with Crippen LogP contribution in [0.1, 0.15) is 0 Å². The van der Waals surface area contributed by atoms with Crippen molar-refractivity contribution in [2.75, 3.05) is 12.3 Å². The van der Waals surface area contributed by atoms with E-state index in [4.69, 9.17) is 5.73 Å². The fourth-order valence-electron chi connectivity index (χ4n) is 0.150. The molecule has 50 valence electrons. The minimum absolute atomic E-state index is 0.172. The van der Waals surface area contributed by atoms with Crippen LogP contribution in [0.5, 0.6) is 0 Å². The Morgan fingerprint density at radius 1 is 1.62 bits per heavy atom. The highest BCUT2D eigenvalue weighted by molar-refractivity contribution is 8.69. The third-order valence-electron chi connectivity index (χ3n) is 0.346. The first-order valence-electron chi connectivity index (χ1n) is 1.86. The molecular weight excluding hydrogens is 150 g/mol. The molecule has 2 N–H and O–H groups in total. The van der Waals surface area contributed by atoms with Gasteiger partial charge in [0.1, 0.15) is 9.15 Å². The first-order valence-corrected chi connectivity index (χ1v) is 4.77. The lowest BCUT2D eigenvalue weighted by Gasteiger charge is -2.01. The van der Waals surface area contributed by atoms with Crippen molar-refractivity contribution in [3.05, 3.63) is 0 Å². The van der Waals surface area contributed by atoms with Gasteiger partial charge in [0.25, 0.3) is 0 Å². The molecule has 0 saturated carbocycles. The molecule has 0 amide bonds. The Balaban J connectivity index is 3.42. The van der Waals surface area contributed by atoms with Gasteiger partial charge in [0.2, 0.25) is 0 Å². The molecule has 0 bridgehead atoms. The molecule has 4 nitrogen and oxygen atoms in total. The van der Waals surface area contributed by atoms with Gasteiger partial charge < -0.3 is 10.3 Å². The van der Waals surface area contributed by atoms with Crippen molar-refractivity contribution in [1.82, 2.24) is 0 Å². The molecule has 0 atom stereocenters. The Morgan fingerprint density at radius 2 is 2.12 bits per heavy atom. The molecule has 0 spiro atoms. The Bertz CT molecular complexity index is 139. The second-order valence-corrected chi connectivity index (χ2v) is 4.41. The summed E-state index contributed by atoms with van der Waals surface area (Å²) in [4.78, 5) is 0. The van der Waals surface area contributed by atoms with Gasteiger partial charge in [0.15, 0.2) is 0 Å². The normalized spacial score (nSPS) is 11.8. The molecule has 0 aliphatic carbocycles. The SMILES string of the molecule is NCCSS(=O)(=O)[O-]. The summed E-state index contributed by atoms with van der Waals surface area (Å²) in [6, 6.07) is 0. The van der Waals surface area contributed by atoms with Crippen LogP contribution in [0.2, 0.25) is 0 Å². The van der Waals surface area contributed by atoms with Gasteiger partial charge in [0.05, 0.1) is 0 Å². The van der Waals surface area contributed by atoms with Crippen molar-refractivity contribution in [3.63, 3.8) is 0 Å². The van der Waals surface area contributed by atoms with Crippen LogP contribution in [0.3, 0.4) is 0 Å². The van der Waals surface area contributed by atoms with Crippen molar-refractivity contribution < 1.29 is 13.0 Å². The van der Waals surface area contributed by atoms with E-state index in [0.717, 1.165) is 0 Å². The summed E-state index contributed by atoms with van der Waals surface area (Å²) in [5.74, 6) is 0.172. The summed E-state index contributed by atoms with van der Waals surface area (Å²) in [5.41, 5.74) is 4.91. The smallest absolute Gasteiger partial charge is 0.149 e. The van der Waals surface area contributed by atoms with Crippen LogP contribution in [0.25, 0.3) is 0 Å². The van der Waals surface area contributed by atoms with E-state index < -0.39 is 9.15 Å². The lowest BCUT2D eigenvalue weighted by molar-refractivity contribution is 0.482. The summed E-state index contributed by atoms with van der Waals surface area (Å²) in [5, 5.41) is 0. The third-order valence-corrected chi connectivity index (χ3v) is 2.40. The van der Waals surface area contributed by atoms with E-state index in [2.05, 4.69) is 0 Å². The monoisotopic (exact) mass is 156 g/mol. The molecule has 0 aliphatic rings. The molecule has 8 heavy (non-hydrogen) atoms. The number of hydrogen-bond donors (Lipinski definition) is 1. The number of nitrogens with two attached hydrogens (primary N) is 1. The molecule has 0 fully saturated rings. The van der Waals surface area contributed by atoms with E-state index in [0.29, 0.717) is 10.8 Å². The largest absolute Gasteiger partial charge is 0.739 e. The molecule has 6 heteroatoms. The summed E-state index contributed by atoms with van der Waals surface area (Å²) < 4.78 is 29.2. The van der Waals surface area contributed by atoms with Gasteiger partial charge in [-0.3, -0.25) is 0 Å². The molecule has 0 aliphatic heterocycles. The first kappa shape index (κ1) is 8.22. The lowest BCUT2D eigenvalue weighted by atomic mass is 10.8. The fourth-order valence-corrected chi connectivity index (χ4v) is 1.35. The summed E-state index contributed by atoms with van der Waals surface area (Å²) in [7, 11) is -3.77. The topological polar surface area (TPSA) is 83.2 Å². The van der Waals surface area contributed by atoms with Crippen LogP contribution < -0.4 is 5.73 Å². The van der Waals surface area contributed by atoms with Crippen molar-refractivity contribution in [3.8, 4) is 0 Å². The van der Waals surface area contributed by atoms with E-state index in [9.17, 15) is 13.0 Å². The highest BCUT2D eigenvalue weighted by Gasteiger charge is 1.90. The molecule has 0 unspecified atom stereocenters. The minimum Gasteiger partial charge on any atom is -0.739 e. The minimum atomic E-state index is -4.10. The zero-order chi connectivity index (χ0) is 6.62. The third kappa shape index (κ3) is 6.22. The van der Waals surface area contributed by atoms with Crippen molar-refractivity contribution in [2.45, 2.75) is 0 Å². The molecule has 0 aromatic heterocycles. The van der Waals surface area contributed by atoms with Crippen LogP contribution in [0.15, 0.2) is 0 Å². The highest BCUT2D eigenvalue weighted by Crippen LogP contribution is 2.05. The lowest BCUT2D eigenvalue weighted by Crippen LogP contribution is -2.04. The predicted octanol–water partition coefficient (Wildman–Crippen LogP) is -0.861. The summed E-state index contributed by atoms with van der Waals surface area (Å²) >= 11 is 0. The number of hydrogen-bond acceptors (Lipinski definition) is 5. The van der Waals surface area contributed by atoms with Gasteiger partial charge in [-0.2, -0.15) is 0 Å². The fraction of sp³-hybridized carbons (Fsp3) is 1.00. The van der Waals surface area contributed by atoms with Crippen LogP contribution in [0, 0.1) is 0 Å². The summed E-state index contributed by atoms with van der Waals surface area (Å²) in [6.07, 6.45) is 0. The Morgan fingerprint density at radius 3 is 2.25 bits per heavy atom. The van der Waals surface area contributed by atoms with Gasteiger partial charge in [-0.15, -0.1) is 0 Å². The zero-order valence-electron chi connectivity index (χ0n) is 4.03. The quantitative estimate of drug-likeness (QED) is 0.424. The molecule has 0 aromatic carbocycles. The van der Waals surface area contributed by atoms with E-state index in [1.807, 2.05) is 0 Å². The van der Waals surface area contributed by atoms with Crippen LogP contribution in [0.4, 0.5) is 0 Å². The average Bonchev–Trinajstić information content (AvgIpc) is 1.59. The molecule has 0 radical (unpaired) electrons. The molecule has 0 aromatic rings. The van der Waals surface area contributed by atoms with Gasteiger partial charge in [-0.05, 0) is 10.8 Å². The molecule has 0 heterocycles. The average molecular weight is 156 g/mol. The standard InChI is InChI=1S/C2H7NO3S2/c3-1-2-7-8(4,5)6/h1-3H2,(H,4,5,6)/p-1. The van der Waals surface area contributed by atoms with Gasteiger partial charge in [-0.1, -0.05) is 0 Å². The summed E-state index contributed by atoms with van der Waals surface area (Å²) in [6.45, 7) is 0.214. The maximum atomic E-state index is 9.74. The number of rotatable bonds is 3. The Hall–Kier alpha value is 0.220. The van der Waals surface area contributed by atoms with E-state index >= 15 is 0 Å². The first-order chi connectivity index (χ1) is 3.56. The van der Waals surface area contributed by atoms with Gasteiger partial charge >= 0.3 is 0 Å². The van der Waals surface area contributed by atoms with E-state index in [1.54, 1.807) is 0 Å². The predicted molar refractivity (Wildman–Crippen MR) is 31.2 cm³/mol. The maximum Gasteiger partial charge on any atom is 0.149 e. The maximum absolute atomic E-state index is 9.74. The van der Waals surface area contributed by atoms with E-state index in [1.165, 1.54) is 0 Å². The van der Waals surface area contributed by atoms with Crippen LogP contribution in [-0.4, -0.2) is 25.3 Å². The Labute approximate surface area is 51.6 Å². The molecule has 0 rings (SSSR count). The van der Waals surface area contributed by atoms with Crippen molar-refractivity contribution in [2.24, 2.45) is 5.73 Å². The molecule has 0 saturated heterocycles. The Kier molecular flexibility index (Phi) is 3.38. The van der Waals surface area contributed by atoms with Gasteiger partial charge in [0, 0.05) is 12.3 Å². The van der Waals surface area contributed by atoms with Crippen molar-refractivity contribution >= 4 is 19.9 Å². The second-order valence-electron chi connectivity index (χ2n) is 1.02. The second kappa shape index (κ2) is 3.29. The highest BCUT2D eigenvalue weighted by atomic mass is 33.1. The van der Waals surface area contributed by atoms with Crippen molar-refractivity contribution in [1.29, 1.82) is 0 Å². The molecular formula is C2H6NO3S2-. The van der Waals surface area contributed by atoms with E-state index in [-0.39, 0.29) is 12.3 Å².